The average Bonchev–Trinajstić information content (AvgIpc) is 3.50. The number of carbonyl (C=O) groups is 2. The van der Waals surface area contributed by atoms with E-state index in [-0.39, 0.29) is 42.6 Å². The molecule has 0 aliphatic carbocycles. The maximum atomic E-state index is 13.5. The van der Waals surface area contributed by atoms with Crippen molar-refractivity contribution in [2.75, 3.05) is 24.9 Å². The molecule has 1 aliphatic rings. The zero-order valence-corrected chi connectivity index (χ0v) is 23.1. The van der Waals surface area contributed by atoms with Gasteiger partial charge in [0.25, 0.3) is 16.8 Å². The fraction of sp³-hybridized carbons (Fsp3) is 0.320. The topological polar surface area (TPSA) is 143 Å². The number of aryl methyl sites for hydroxylation is 1. The number of hydrogen-bond donors (Lipinski definition) is 1. The second-order valence-electron chi connectivity index (χ2n) is 9.41. The van der Waals surface area contributed by atoms with Crippen LogP contribution in [0.15, 0.2) is 64.1 Å². The van der Waals surface area contributed by atoms with Crippen molar-refractivity contribution < 1.29 is 45.4 Å². The Kier molecular flexibility index (Phi) is 7.53. The average molecular weight is 611 g/mol. The Morgan fingerprint density at radius 3 is 2.38 bits per heavy atom. The number of amides is 1. The molecule has 5 rings (SSSR count). The highest BCUT2D eigenvalue weighted by molar-refractivity contribution is 7.90. The van der Waals surface area contributed by atoms with E-state index in [4.69, 9.17) is 14.2 Å². The Labute approximate surface area is 236 Å². The molecule has 17 heteroatoms. The fourth-order valence-electron chi connectivity index (χ4n) is 3.96. The van der Waals surface area contributed by atoms with Gasteiger partial charge in [0.15, 0.2) is 5.69 Å². The zero-order chi connectivity index (χ0) is 30.2. The molecule has 224 valence electrons. The first-order valence-electron chi connectivity index (χ1n) is 12.6. The Bertz CT molecular complexity index is 1680. The number of nitrogens with one attached hydrogen (secondary N) is 1. The van der Waals surface area contributed by atoms with Gasteiger partial charge in [0.05, 0.1) is 35.3 Å². The van der Waals surface area contributed by atoms with Crippen molar-refractivity contribution in [3.8, 4) is 16.9 Å². The minimum Gasteiger partial charge on any atom is -0.426 e. The highest BCUT2D eigenvalue weighted by atomic mass is 32.2. The number of esters is 1. The van der Waals surface area contributed by atoms with Crippen molar-refractivity contribution in [2.45, 2.75) is 31.3 Å². The number of aromatic nitrogens is 4. The molecule has 0 atom stereocenters. The predicted molar refractivity (Wildman–Crippen MR) is 138 cm³/mol. The van der Waals surface area contributed by atoms with Gasteiger partial charge >= 0.3 is 12.1 Å². The summed E-state index contributed by atoms with van der Waals surface area (Å²) in [6.07, 6.45) is -4.50. The van der Waals surface area contributed by atoms with Gasteiger partial charge < -0.3 is 9.57 Å². The summed E-state index contributed by atoms with van der Waals surface area (Å²) in [5, 5.41) is 6.18. The summed E-state index contributed by atoms with van der Waals surface area (Å²) in [6.45, 7) is 3.35. The Balaban J connectivity index is 1.23. The molecule has 1 fully saturated rings. The van der Waals surface area contributed by atoms with Crippen molar-refractivity contribution in [3.05, 3.63) is 65.9 Å². The zero-order valence-electron chi connectivity index (χ0n) is 22.2. The molecule has 2 aromatic heterocycles. The van der Waals surface area contributed by atoms with Gasteiger partial charge in [-0.25, -0.2) is 17.8 Å². The minimum atomic E-state index is -4.69. The Morgan fingerprint density at radius 1 is 1.10 bits per heavy atom. The number of nitrogens with zero attached hydrogens (tertiary/aromatic N) is 5. The summed E-state index contributed by atoms with van der Waals surface area (Å²) < 4.78 is 78.9. The van der Waals surface area contributed by atoms with E-state index >= 15 is 0 Å². The van der Waals surface area contributed by atoms with E-state index < -0.39 is 39.7 Å². The van der Waals surface area contributed by atoms with Gasteiger partial charge in [0.1, 0.15) is 5.02 Å². The van der Waals surface area contributed by atoms with Crippen LogP contribution in [0.25, 0.3) is 16.9 Å². The molecule has 1 N–H and O–H groups in total. The highest BCUT2D eigenvalue weighted by Crippen LogP contribution is 2.33. The standard InChI is InChI=1S/C25H25F3N6O7S/c1-3-23(35)39-15-40-34-33(41-34)31-13-18(14-31)24(36)30-42(37,38)20-10-8-19(9-11-20)32-21(12-22(29-32)25(26,27)28)17-6-4-16(2)5-7-17/h4-12,18H,3,13-15H2,1-2H3,(H,30,36). The van der Waals surface area contributed by atoms with Crippen molar-refractivity contribution in [3.63, 3.8) is 0 Å². The van der Waals surface area contributed by atoms with Gasteiger partial charge in [0.2, 0.25) is 5.91 Å². The second-order valence-corrected chi connectivity index (χ2v) is 11.1. The number of halogens is 3. The molecular weight excluding hydrogens is 585 g/mol. The van der Waals surface area contributed by atoms with E-state index in [1.165, 1.54) is 34.2 Å². The van der Waals surface area contributed by atoms with Crippen molar-refractivity contribution in [1.29, 1.82) is 0 Å². The maximum absolute atomic E-state index is 13.5. The lowest BCUT2D eigenvalue weighted by Gasteiger charge is -2.34. The summed E-state index contributed by atoms with van der Waals surface area (Å²) in [5.74, 6) is -1.88. The predicted octanol–water partition coefficient (Wildman–Crippen LogP) is 2.47. The van der Waals surface area contributed by atoms with Crippen molar-refractivity contribution in [1.82, 2.24) is 24.5 Å². The molecule has 0 saturated carbocycles. The van der Waals surface area contributed by atoms with Crippen LogP contribution in [0.5, 0.6) is 0 Å². The summed E-state index contributed by atoms with van der Waals surface area (Å²) in [7, 11) is -4.28. The molecule has 0 spiro atoms. The van der Waals surface area contributed by atoms with E-state index in [1.54, 1.807) is 31.2 Å². The minimum absolute atomic E-state index is 0.123. The number of benzene rings is 2. The lowest BCUT2D eigenvalue weighted by Crippen LogP contribution is -2.58. The normalized spacial score (nSPS) is 14.1. The van der Waals surface area contributed by atoms with Gasteiger partial charge in [-0.05, 0) is 37.3 Å². The van der Waals surface area contributed by atoms with Crippen LogP contribution in [0.2, 0.25) is 0 Å². The number of carbonyl (C=O) groups excluding carboxylic acids is 2. The van der Waals surface area contributed by atoms with E-state index in [2.05, 4.69) is 5.10 Å². The fourth-order valence-corrected chi connectivity index (χ4v) is 5.01. The van der Waals surface area contributed by atoms with Gasteiger partial charge in [-0.15, -0.1) is 0 Å². The number of alkyl halides is 3. The third-order valence-electron chi connectivity index (χ3n) is 6.38. The molecule has 3 heterocycles. The number of ether oxygens (including phenoxy) is 1. The maximum Gasteiger partial charge on any atom is 0.435 e. The summed E-state index contributed by atoms with van der Waals surface area (Å²) >= 11 is 0. The van der Waals surface area contributed by atoms with Crippen LogP contribution in [0.3, 0.4) is 0 Å². The van der Waals surface area contributed by atoms with E-state index in [0.29, 0.717) is 5.56 Å². The lowest BCUT2D eigenvalue weighted by molar-refractivity contribution is -0.159. The first-order chi connectivity index (χ1) is 19.9. The van der Waals surface area contributed by atoms with Gasteiger partial charge in [-0.2, -0.15) is 22.9 Å². The molecule has 13 nitrogen and oxygen atoms in total. The summed E-state index contributed by atoms with van der Waals surface area (Å²) in [5.41, 5.74) is 0.676. The third kappa shape index (κ3) is 6.14. The quantitative estimate of drug-likeness (QED) is 0.212. The van der Waals surface area contributed by atoms with Crippen molar-refractivity contribution in [2.24, 2.45) is 5.92 Å². The van der Waals surface area contributed by atoms with Crippen LogP contribution in [0.4, 0.5) is 13.2 Å². The van der Waals surface area contributed by atoms with E-state index in [0.717, 1.165) is 21.3 Å². The van der Waals surface area contributed by atoms with Crippen LogP contribution in [0.1, 0.15) is 24.6 Å². The molecule has 4 aromatic rings. The largest absolute Gasteiger partial charge is 0.435 e. The summed E-state index contributed by atoms with van der Waals surface area (Å²) in [6, 6.07) is 12.7. The Morgan fingerprint density at radius 2 is 1.76 bits per heavy atom. The molecule has 1 amide bonds. The monoisotopic (exact) mass is 610 g/mol. The smallest absolute Gasteiger partial charge is 0.426 e. The first kappa shape index (κ1) is 28.8. The second kappa shape index (κ2) is 11.0. The van der Waals surface area contributed by atoms with Crippen LogP contribution >= 0.6 is 0 Å². The molecule has 1 saturated heterocycles. The molecule has 0 radical (unpaired) electrons. The van der Waals surface area contributed by atoms with Crippen LogP contribution in [-0.4, -0.2) is 59.9 Å². The van der Waals surface area contributed by atoms with Crippen LogP contribution in [0, 0.1) is 12.8 Å². The SMILES string of the molecule is CCC(=O)OCOn1on1N1CC(C(=O)NS(=O)(=O)c2ccc(-n3nc(C(F)(F)F)cc3-c3ccc(C)cc3)cc2)C1. The van der Waals surface area contributed by atoms with E-state index in [1.807, 2.05) is 11.6 Å². The lowest BCUT2D eigenvalue weighted by atomic mass is 10.0. The molecule has 1 aliphatic heterocycles. The van der Waals surface area contributed by atoms with Gasteiger partial charge in [-0.1, -0.05) is 36.8 Å². The van der Waals surface area contributed by atoms with E-state index in [9.17, 15) is 31.2 Å². The molecule has 2 aromatic carbocycles. The molecule has 42 heavy (non-hydrogen) atoms. The first-order valence-corrected chi connectivity index (χ1v) is 14.1. The van der Waals surface area contributed by atoms with Crippen molar-refractivity contribution >= 4 is 21.9 Å². The molecule has 0 bridgehead atoms. The number of sulfonamides is 1. The van der Waals surface area contributed by atoms with Gasteiger partial charge in [-0.3, -0.25) is 14.6 Å². The Hall–Kier alpha value is -4.67. The van der Waals surface area contributed by atoms with Crippen LogP contribution < -0.4 is 14.6 Å². The highest BCUT2D eigenvalue weighted by Gasteiger charge is 2.40. The molecule has 0 unspecified atom stereocenters. The van der Waals surface area contributed by atoms with Gasteiger partial charge in [0, 0.05) is 16.9 Å². The molecular formula is C25H25F3N6O7S. The van der Waals surface area contributed by atoms with Crippen LogP contribution in [-0.2, 0) is 30.5 Å². The number of rotatable bonds is 10. The number of hydrogen-bond acceptors (Lipinski definition) is 9. The summed E-state index contributed by atoms with van der Waals surface area (Å²) in [4.78, 5) is 29.6. The third-order valence-corrected chi connectivity index (χ3v) is 7.74.